The molecule has 5 rings (SSSR count). The second kappa shape index (κ2) is 6.40. The van der Waals surface area contributed by atoms with Crippen molar-refractivity contribution in [2.75, 3.05) is 50.4 Å². The Labute approximate surface area is 160 Å². The van der Waals surface area contributed by atoms with Gasteiger partial charge < -0.3 is 15.1 Å². The highest BCUT2D eigenvalue weighted by Crippen LogP contribution is 2.42. The number of pyridine rings is 1. The number of rotatable bonds is 1. The monoisotopic (exact) mass is 384 g/mol. The number of piperazine rings is 1. The number of thiophene rings is 1. The van der Waals surface area contributed by atoms with Crippen LogP contribution in [0.15, 0.2) is 29.2 Å². The van der Waals surface area contributed by atoms with Crippen LogP contribution < -0.4 is 10.2 Å². The number of hydrogen-bond acceptors (Lipinski definition) is 6. The summed E-state index contributed by atoms with van der Waals surface area (Å²) >= 11 is 3.37. The minimum atomic E-state index is 0.0568. The number of nitrogens with zero attached hydrogens (tertiary/aromatic N) is 3. The molecule has 26 heavy (non-hydrogen) atoms. The fourth-order valence-corrected chi connectivity index (χ4v) is 6.05. The minimum absolute atomic E-state index is 0.0568. The molecule has 4 heterocycles. The predicted octanol–water partition coefficient (Wildman–Crippen LogP) is 3.04. The van der Waals surface area contributed by atoms with Crippen molar-refractivity contribution >= 4 is 55.8 Å². The van der Waals surface area contributed by atoms with Gasteiger partial charge in [0.1, 0.15) is 10.7 Å². The van der Waals surface area contributed by atoms with Gasteiger partial charge in [0.25, 0.3) is 5.91 Å². The van der Waals surface area contributed by atoms with E-state index in [-0.39, 0.29) is 5.91 Å². The van der Waals surface area contributed by atoms with Crippen LogP contribution in [0.5, 0.6) is 0 Å². The first-order valence-electron chi connectivity index (χ1n) is 8.91. The lowest BCUT2D eigenvalue weighted by Crippen LogP contribution is -2.44. The second-order valence-electron chi connectivity index (χ2n) is 6.83. The number of hydrogen-bond donors (Lipinski definition) is 1. The molecule has 0 unspecified atom stereocenters. The van der Waals surface area contributed by atoms with E-state index in [1.54, 1.807) is 23.1 Å². The van der Waals surface area contributed by atoms with Crippen LogP contribution in [0.2, 0.25) is 0 Å². The number of fused-ring (bicyclic) bond motifs is 5. The lowest BCUT2D eigenvalue weighted by Gasteiger charge is -2.33. The van der Waals surface area contributed by atoms with Gasteiger partial charge in [-0.1, -0.05) is 0 Å². The zero-order valence-corrected chi connectivity index (χ0v) is 16.3. The van der Waals surface area contributed by atoms with E-state index in [1.807, 2.05) is 0 Å². The number of carbonyl (C=O) groups is 1. The van der Waals surface area contributed by atoms with Crippen molar-refractivity contribution in [2.24, 2.45) is 0 Å². The smallest absolute Gasteiger partial charge is 0.262 e. The first-order chi connectivity index (χ1) is 12.7. The van der Waals surface area contributed by atoms with Gasteiger partial charge in [-0.05, 0) is 31.3 Å². The molecular weight excluding hydrogens is 364 g/mol. The molecular formula is C19H20N4OS2. The fraction of sp³-hybridized carbons (Fsp3) is 0.368. The molecule has 7 heteroatoms. The van der Waals surface area contributed by atoms with Gasteiger partial charge in [-0.25, -0.2) is 4.98 Å². The van der Waals surface area contributed by atoms with Crippen LogP contribution in [-0.2, 0) is 0 Å². The van der Waals surface area contributed by atoms with Crippen molar-refractivity contribution in [3.8, 4) is 0 Å². The summed E-state index contributed by atoms with van der Waals surface area (Å²) in [6, 6.07) is 8.54. The summed E-state index contributed by atoms with van der Waals surface area (Å²) in [6.07, 6.45) is 0. The van der Waals surface area contributed by atoms with Crippen molar-refractivity contribution in [3.63, 3.8) is 0 Å². The number of thioether (sulfide) groups is 1. The Morgan fingerprint density at radius 1 is 1.12 bits per heavy atom. The molecule has 5 nitrogen and oxygen atoms in total. The molecule has 0 aliphatic carbocycles. The minimum Gasteiger partial charge on any atom is -0.354 e. The highest BCUT2D eigenvalue weighted by molar-refractivity contribution is 7.99. The molecule has 1 fully saturated rings. The summed E-state index contributed by atoms with van der Waals surface area (Å²) in [5, 5.41) is 5.34. The van der Waals surface area contributed by atoms with Crippen LogP contribution in [0.25, 0.3) is 21.0 Å². The van der Waals surface area contributed by atoms with Gasteiger partial charge in [-0.2, -0.15) is 0 Å². The molecule has 1 aromatic carbocycles. The van der Waals surface area contributed by atoms with Gasteiger partial charge in [-0.15, -0.1) is 23.1 Å². The van der Waals surface area contributed by atoms with Crippen LogP contribution in [0.4, 0.5) is 5.82 Å². The summed E-state index contributed by atoms with van der Waals surface area (Å²) in [5.74, 6) is 2.02. The Morgan fingerprint density at radius 2 is 1.96 bits per heavy atom. The topological polar surface area (TPSA) is 48.5 Å². The van der Waals surface area contributed by atoms with E-state index in [0.717, 1.165) is 65.0 Å². The second-order valence-corrected chi connectivity index (χ2v) is 8.99. The van der Waals surface area contributed by atoms with Crippen LogP contribution in [0, 0.1) is 0 Å². The third kappa shape index (κ3) is 2.66. The molecule has 3 aromatic rings. The van der Waals surface area contributed by atoms with Crippen LogP contribution >= 0.6 is 23.1 Å². The highest BCUT2D eigenvalue weighted by atomic mass is 32.2. The maximum atomic E-state index is 12.4. The fourth-order valence-electron chi connectivity index (χ4n) is 3.66. The van der Waals surface area contributed by atoms with Gasteiger partial charge >= 0.3 is 0 Å². The van der Waals surface area contributed by atoms with Crippen LogP contribution in [0.3, 0.4) is 0 Å². The molecule has 0 spiro atoms. The zero-order valence-electron chi connectivity index (χ0n) is 14.6. The number of nitrogens with one attached hydrogen (secondary N) is 1. The van der Waals surface area contributed by atoms with Crippen molar-refractivity contribution in [1.29, 1.82) is 0 Å². The average Bonchev–Trinajstić information content (AvgIpc) is 2.95. The molecule has 1 amide bonds. The predicted molar refractivity (Wildman–Crippen MR) is 110 cm³/mol. The standard InChI is InChI=1S/C19H20N4OS2/c1-22-7-9-23(10-8-22)15-5-2-12-13(21-15)3-4-14-16(12)17-18(26-14)19(24)20-6-11-25-17/h2-5H,6-11H2,1H3,(H,20,24). The Morgan fingerprint density at radius 3 is 2.81 bits per heavy atom. The molecule has 0 saturated carbocycles. The van der Waals surface area contributed by atoms with E-state index in [0.29, 0.717) is 0 Å². The normalized spacial score (nSPS) is 18.8. The van der Waals surface area contributed by atoms with Crippen molar-refractivity contribution in [1.82, 2.24) is 15.2 Å². The average molecular weight is 385 g/mol. The van der Waals surface area contributed by atoms with E-state index in [2.05, 4.69) is 46.4 Å². The summed E-state index contributed by atoms with van der Waals surface area (Å²) in [7, 11) is 2.16. The summed E-state index contributed by atoms with van der Waals surface area (Å²) in [6.45, 7) is 4.90. The molecule has 134 valence electrons. The van der Waals surface area contributed by atoms with E-state index in [1.165, 1.54) is 10.1 Å². The lowest BCUT2D eigenvalue weighted by atomic mass is 10.1. The molecule has 0 bridgehead atoms. The third-order valence-corrected chi connectivity index (χ3v) is 7.52. The largest absolute Gasteiger partial charge is 0.354 e. The van der Waals surface area contributed by atoms with E-state index in [4.69, 9.17) is 4.98 Å². The third-order valence-electron chi connectivity index (χ3n) is 5.13. The zero-order chi connectivity index (χ0) is 17.7. The number of anilines is 1. The Kier molecular flexibility index (Phi) is 4.03. The molecule has 2 aliphatic rings. The van der Waals surface area contributed by atoms with Gasteiger partial charge in [0.15, 0.2) is 0 Å². The maximum absolute atomic E-state index is 12.4. The van der Waals surface area contributed by atoms with E-state index >= 15 is 0 Å². The SMILES string of the molecule is CN1CCN(c2ccc3c(ccc4sc5c(c43)SCCNC5=O)n2)CC1. The molecule has 0 radical (unpaired) electrons. The van der Waals surface area contributed by atoms with Gasteiger partial charge in [0.05, 0.1) is 5.52 Å². The van der Waals surface area contributed by atoms with Gasteiger partial charge in [0.2, 0.25) is 0 Å². The molecule has 2 aliphatic heterocycles. The number of aromatic nitrogens is 1. The van der Waals surface area contributed by atoms with Gasteiger partial charge in [0, 0.05) is 58.8 Å². The molecule has 2 aromatic heterocycles. The summed E-state index contributed by atoms with van der Waals surface area (Å²) in [4.78, 5) is 24.0. The lowest BCUT2D eigenvalue weighted by molar-refractivity contribution is 0.0959. The quantitative estimate of drug-likeness (QED) is 0.699. The van der Waals surface area contributed by atoms with Crippen molar-refractivity contribution < 1.29 is 4.79 Å². The number of carbonyl (C=O) groups excluding carboxylic acids is 1. The summed E-state index contributed by atoms with van der Waals surface area (Å²) < 4.78 is 1.17. The first kappa shape index (κ1) is 16.4. The highest BCUT2D eigenvalue weighted by Gasteiger charge is 2.23. The van der Waals surface area contributed by atoms with Crippen molar-refractivity contribution in [2.45, 2.75) is 4.90 Å². The Balaban J connectivity index is 1.63. The maximum Gasteiger partial charge on any atom is 0.262 e. The number of likely N-dealkylation sites (N-methyl/N-ethyl adjacent to an activating group) is 1. The van der Waals surface area contributed by atoms with Crippen LogP contribution in [0.1, 0.15) is 9.67 Å². The van der Waals surface area contributed by atoms with E-state index in [9.17, 15) is 4.79 Å². The Hall–Kier alpha value is -1.83. The molecule has 1 saturated heterocycles. The van der Waals surface area contributed by atoms with Crippen LogP contribution in [-0.4, -0.2) is 61.3 Å². The number of amides is 1. The van der Waals surface area contributed by atoms with Gasteiger partial charge in [-0.3, -0.25) is 4.79 Å². The Bertz CT molecular complexity index is 1010. The van der Waals surface area contributed by atoms with Crippen molar-refractivity contribution in [3.05, 3.63) is 29.1 Å². The summed E-state index contributed by atoms with van der Waals surface area (Å²) in [5.41, 5.74) is 1.01. The molecule has 1 N–H and O–H groups in total. The first-order valence-corrected chi connectivity index (χ1v) is 10.7. The van der Waals surface area contributed by atoms with E-state index < -0.39 is 0 Å². The molecule has 0 atom stereocenters. The number of benzene rings is 1.